The molecule has 1 saturated carbocycles. The van der Waals surface area contributed by atoms with Crippen LogP contribution < -0.4 is 0 Å². The zero-order chi connectivity index (χ0) is 10.7. The Bertz CT molecular complexity index is 306. The average molecular weight is 334 g/mol. The molecule has 0 bridgehead atoms. The minimum absolute atomic E-state index is 0.193. The van der Waals surface area contributed by atoms with E-state index in [-0.39, 0.29) is 6.10 Å². The van der Waals surface area contributed by atoms with Crippen molar-refractivity contribution < 1.29 is 4.74 Å². The van der Waals surface area contributed by atoms with Gasteiger partial charge in [0.25, 0.3) is 0 Å². The smallest absolute Gasteiger partial charge is 0.0921 e. The molecule has 1 atom stereocenters. The van der Waals surface area contributed by atoms with E-state index in [9.17, 15) is 0 Å². The van der Waals surface area contributed by atoms with Gasteiger partial charge in [-0.1, -0.05) is 44.0 Å². The summed E-state index contributed by atoms with van der Waals surface area (Å²) in [4.78, 5) is 0. The summed E-state index contributed by atoms with van der Waals surface area (Å²) < 4.78 is 6.99. The van der Waals surface area contributed by atoms with Crippen LogP contribution in [0.1, 0.15) is 24.5 Å². The van der Waals surface area contributed by atoms with Crippen LogP contribution in [0.5, 0.6) is 0 Å². The maximum absolute atomic E-state index is 5.88. The van der Waals surface area contributed by atoms with Crippen LogP contribution in [-0.2, 0) is 4.74 Å². The first-order valence-electron chi connectivity index (χ1n) is 5.22. The number of ether oxygens (including phenoxy) is 1. The monoisotopic (exact) mass is 332 g/mol. The molecule has 0 N–H and O–H groups in total. The highest BCUT2D eigenvalue weighted by molar-refractivity contribution is 9.10. The molecule has 1 aromatic carbocycles. The van der Waals surface area contributed by atoms with Gasteiger partial charge in [-0.3, -0.25) is 0 Å². The molecule has 15 heavy (non-hydrogen) atoms. The van der Waals surface area contributed by atoms with E-state index in [4.69, 9.17) is 4.74 Å². The summed E-state index contributed by atoms with van der Waals surface area (Å²) in [6.07, 6.45) is 2.88. The molecule has 3 heteroatoms. The fourth-order valence-electron chi connectivity index (χ4n) is 1.44. The molecular weight excluding hydrogens is 320 g/mol. The number of benzene rings is 1. The molecule has 0 radical (unpaired) electrons. The number of hydrogen-bond donors (Lipinski definition) is 0. The molecule has 1 unspecified atom stereocenters. The van der Waals surface area contributed by atoms with E-state index in [1.165, 1.54) is 18.4 Å². The first-order chi connectivity index (χ1) is 7.29. The average Bonchev–Trinajstić information content (AvgIpc) is 3.05. The van der Waals surface area contributed by atoms with Crippen molar-refractivity contribution in [2.24, 2.45) is 5.92 Å². The van der Waals surface area contributed by atoms with Crippen molar-refractivity contribution in [3.05, 3.63) is 34.3 Å². The molecule has 0 amide bonds. The van der Waals surface area contributed by atoms with Crippen LogP contribution in [0.3, 0.4) is 0 Å². The molecule has 82 valence electrons. The first kappa shape index (κ1) is 11.6. The van der Waals surface area contributed by atoms with E-state index in [0.29, 0.717) is 0 Å². The molecule has 2 rings (SSSR count). The van der Waals surface area contributed by atoms with Gasteiger partial charge < -0.3 is 4.74 Å². The van der Waals surface area contributed by atoms with Crippen LogP contribution >= 0.6 is 31.9 Å². The van der Waals surface area contributed by atoms with Crippen molar-refractivity contribution >= 4 is 31.9 Å². The maximum Gasteiger partial charge on any atom is 0.0921 e. The minimum Gasteiger partial charge on any atom is -0.372 e. The lowest BCUT2D eigenvalue weighted by Crippen LogP contribution is -2.07. The van der Waals surface area contributed by atoms with Gasteiger partial charge in [-0.2, -0.15) is 0 Å². The normalized spacial score (nSPS) is 17.7. The first-order valence-corrected chi connectivity index (χ1v) is 7.14. The second-order valence-corrected chi connectivity index (χ2v) is 5.53. The Hall–Kier alpha value is 0.140. The zero-order valence-corrected chi connectivity index (χ0v) is 11.6. The molecule has 1 aromatic rings. The summed E-state index contributed by atoms with van der Waals surface area (Å²) in [5.41, 5.74) is 1.25. The third-order valence-corrected chi connectivity index (χ3v) is 3.73. The topological polar surface area (TPSA) is 9.23 Å². The summed E-state index contributed by atoms with van der Waals surface area (Å²) in [5, 5.41) is 0.862. The second-order valence-electron chi connectivity index (χ2n) is 3.97. The lowest BCUT2D eigenvalue weighted by Gasteiger charge is -2.15. The van der Waals surface area contributed by atoms with Crippen LogP contribution in [0.4, 0.5) is 0 Å². The highest BCUT2D eigenvalue weighted by atomic mass is 79.9. The predicted octanol–water partition coefficient (Wildman–Crippen LogP) is 4.31. The third-order valence-electron chi connectivity index (χ3n) is 2.61. The third kappa shape index (κ3) is 3.58. The zero-order valence-electron chi connectivity index (χ0n) is 8.46. The number of rotatable bonds is 5. The van der Waals surface area contributed by atoms with Crippen molar-refractivity contribution in [1.29, 1.82) is 0 Å². The summed E-state index contributed by atoms with van der Waals surface area (Å²) in [6.45, 7) is 0.909. The number of alkyl halides is 1. The maximum atomic E-state index is 5.88. The van der Waals surface area contributed by atoms with Gasteiger partial charge in [0.2, 0.25) is 0 Å². The van der Waals surface area contributed by atoms with Crippen molar-refractivity contribution in [2.45, 2.75) is 18.9 Å². The standard InChI is InChI=1S/C12H14Br2O/c13-7-12(15-8-9-1-2-9)10-3-5-11(14)6-4-10/h3-6,9,12H,1-2,7-8H2. The SMILES string of the molecule is BrCC(OCC1CC1)c1ccc(Br)cc1. The molecular formula is C12H14Br2O. The molecule has 1 aliphatic rings. The Balaban J connectivity index is 1.94. The van der Waals surface area contributed by atoms with Crippen LogP contribution in [-0.4, -0.2) is 11.9 Å². The van der Waals surface area contributed by atoms with Crippen molar-refractivity contribution in [1.82, 2.24) is 0 Å². The van der Waals surface area contributed by atoms with Crippen molar-refractivity contribution in [3.63, 3.8) is 0 Å². The molecule has 0 heterocycles. The van der Waals surface area contributed by atoms with E-state index >= 15 is 0 Å². The van der Waals surface area contributed by atoms with Gasteiger partial charge in [0.05, 0.1) is 12.7 Å². The van der Waals surface area contributed by atoms with Crippen LogP contribution in [0.25, 0.3) is 0 Å². The van der Waals surface area contributed by atoms with Crippen molar-refractivity contribution in [2.75, 3.05) is 11.9 Å². The highest BCUT2D eigenvalue weighted by Crippen LogP contribution is 2.31. The molecule has 1 fully saturated rings. The predicted molar refractivity (Wildman–Crippen MR) is 69.4 cm³/mol. The van der Waals surface area contributed by atoms with E-state index < -0.39 is 0 Å². The molecule has 0 aliphatic heterocycles. The molecule has 1 aliphatic carbocycles. The number of hydrogen-bond acceptors (Lipinski definition) is 1. The largest absolute Gasteiger partial charge is 0.372 e. The van der Waals surface area contributed by atoms with Crippen LogP contribution in [0.2, 0.25) is 0 Å². The quantitative estimate of drug-likeness (QED) is 0.729. The van der Waals surface area contributed by atoms with Crippen molar-refractivity contribution in [3.8, 4) is 0 Å². The van der Waals surface area contributed by atoms with E-state index in [1.807, 2.05) is 0 Å². The molecule has 0 spiro atoms. The van der Waals surface area contributed by atoms with E-state index in [2.05, 4.69) is 56.1 Å². The molecule has 0 saturated heterocycles. The number of halogens is 2. The van der Waals surface area contributed by atoms with Gasteiger partial charge >= 0.3 is 0 Å². The Kier molecular flexibility index (Phi) is 4.23. The summed E-state index contributed by atoms with van der Waals surface area (Å²) in [5.74, 6) is 0.821. The van der Waals surface area contributed by atoms with Gasteiger partial charge in [0, 0.05) is 9.80 Å². The fourth-order valence-corrected chi connectivity index (χ4v) is 2.27. The van der Waals surface area contributed by atoms with Gasteiger partial charge in [0.15, 0.2) is 0 Å². The van der Waals surface area contributed by atoms with Gasteiger partial charge in [-0.05, 0) is 36.5 Å². The summed E-state index contributed by atoms with van der Waals surface area (Å²) in [7, 11) is 0. The highest BCUT2D eigenvalue weighted by Gasteiger charge is 2.23. The van der Waals surface area contributed by atoms with Crippen LogP contribution in [0, 0.1) is 5.92 Å². The van der Waals surface area contributed by atoms with Gasteiger partial charge in [0.1, 0.15) is 0 Å². The second kappa shape index (κ2) is 5.46. The lowest BCUT2D eigenvalue weighted by atomic mass is 10.1. The minimum atomic E-state index is 0.193. The fraction of sp³-hybridized carbons (Fsp3) is 0.500. The van der Waals surface area contributed by atoms with E-state index in [1.54, 1.807) is 0 Å². The molecule has 1 nitrogen and oxygen atoms in total. The lowest BCUT2D eigenvalue weighted by molar-refractivity contribution is 0.0619. The Morgan fingerprint density at radius 1 is 1.27 bits per heavy atom. The summed E-state index contributed by atoms with van der Waals surface area (Å²) >= 11 is 6.94. The Morgan fingerprint density at radius 3 is 2.47 bits per heavy atom. The van der Waals surface area contributed by atoms with Crippen LogP contribution in [0.15, 0.2) is 28.7 Å². The van der Waals surface area contributed by atoms with Gasteiger partial charge in [-0.15, -0.1) is 0 Å². The van der Waals surface area contributed by atoms with E-state index in [0.717, 1.165) is 22.3 Å². The summed E-state index contributed by atoms with van der Waals surface area (Å²) in [6, 6.07) is 8.35. The molecule has 0 aromatic heterocycles. The van der Waals surface area contributed by atoms with Gasteiger partial charge in [-0.25, -0.2) is 0 Å². The Morgan fingerprint density at radius 2 is 1.93 bits per heavy atom. The Labute approximate surface area is 107 Å².